The molecule has 1 fully saturated rings. The molecule has 40 heavy (non-hydrogen) atoms. The summed E-state index contributed by atoms with van der Waals surface area (Å²) >= 11 is 0. The number of sulfonamides is 1. The number of aromatic nitrogens is 3. The quantitative estimate of drug-likeness (QED) is 0.350. The van der Waals surface area contributed by atoms with Crippen molar-refractivity contribution in [1.29, 1.82) is 0 Å². The largest absolute Gasteiger partial charge is 0.421 e. The van der Waals surface area contributed by atoms with E-state index in [9.17, 15) is 26.4 Å². The van der Waals surface area contributed by atoms with Crippen LogP contribution in [0.2, 0.25) is 0 Å². The number of alkyl halides is 3. The summed E-state index contributed by atoms with van der Waals surface area (Å²) in [5.74, 6) is -0.976. The normalized spacial score (nSPS) is 14.6. The van der Waals surface area contributed by atoms with Gasteiger partial charge in [-0.1, -0.05) is 12.1 Å². The SMILES string of the molecule is CCS(=O)(=O)Nc1ncccc1CNc1nc(Nc2cccc(C(=O)N3CCN(C)CC3)c2)ncc1C(F)(F)F. The van der Waals surface area contributed by atoms with Crippen LogP contribution in [0.3, 0.4) is 0 Å². The maximum atomic E-state index is 13.7. The molecule has 3 heterocycles. The van der Waals surface area contributed by atoms with Crippen LogP contribution in [0.5, 0.6) is 0 Å². The van der Waals surface area contributed by atoms with Gasteiger partial charge in [-0.2, -0.15) is 18.2 Å². The van der Waals surface area contributed by atoms with E-state index in [4.69, 9.17) is 0 Å². The van der Waals surface area contributed by atoms with E-state index in [1.165, 1.54) is 25.3 Å². The first-order chi connectivity index (χ1) is 18.9. The van der Waals surface area contributed by atoms with Gasteiger partial charge in [-0.25, -0.2) is 18.4 Å². The third kappa shape index (κ3) is 7.35. The molecule has 1 amide bonds. The smallest absolute Gasteiger partial charge is 0.365 e. The molecule has 0 unspecified atom stereocenters. The molecule has 0 radical (unpaired) electrons. The molecule has 3 aromatic rings. The Morgan fingerprint density at radius 1 is 1.05 bits per heavy atom. The van der Waals surface area contributed by atoms with Crippen molar-refractivity contribution in [1.82, 2.24) is 24.8 Å². The van der Waals surface area contributed by atoms with Gasteiger partial charge in [-0.15, -0.1) is 0 Å². The van der Waals surface area contributed by atoms with E-state index in [0.717, 1.165) is 13.1 Å². The van der Waals surface area contributed by atoms with Gasteiger partial charge >= 0.3 is 6.18 Å². The van der Waals surface area contributed by atoms with Crippen LogP contribution in [0.25, 0.3) is 0 Å². The zero-order chi connectivity index (χ0) is 28.9. The van der Waals surface area contributed by atoms with E-state index in [1.54, 1.807) is 29.2 Å². The Hall–Kier alpha value is -3.98. The average molecular weight is 579 g/mol. The highest BCUT2D eigenvalue weighted by Gasteiger charge is 2.35. The Morgan fingerprint density at radius 2 is 1.80 bits per heavy atom. The molecule has 0 bridgehead atoms. The summed E-state index contributed by atoms with van der Waals surface area (Å²) < 4.78 is 67.5. The highest BCUT2D eigenvalue weighted by Crippen LogP contribution is 2.34. The summed E-state index contributed by atoms with van der Waals surface area (Å²) in [7, 11) is -1.67. The van der Waals surface area contributed by atoms with E-state index in [0.29, 0.717) is 36.1 Å². The predicted molar refractivity (Wildman–Crippen MR) is 145 cm³/mol. The Labute approximate surface area is 229 Å². The number of carbonyl (C=O) groups is 1. The van der Waals surface area contributed by atoms with Gasteiger partial charge in [0.1, 0.15) is 17.2 Å². The lowest BCUT2D eigenvalue weighted by molar-refractivity contribution is -0.137. The fourth-order valence-corrected chi connectivity index (χ4v) is 4.53. The number of likely N-dealkylation sites (N-methyl/N-ethyl adjacent to an activating group) is 1. The molecule has 1 aliphatic heterocycles. The molecule has 11 nitrogen and oxygen atoms in total. The molecule has 0 atom stereocenters. The molecule has 214 valence electrons. The lowest BCUT2D eigenvalue weighted by atomic mass is 10.1. The summed E-state index contributed by atoms with van der Waals surface area (Å²) in [6.45, 7) is 3.98. The molecule has 1 saturated heterocycles. The number of amides is 1. The maximum absolute atomic E-state index is 13.7. The molecule has 0 spiro atoms. The van der Waals surface area contributed by atoms with Crippen molar-refractivity contribution in [3.8, 4) is 0 Å². The highest BCUT2D eigenvalue weighted by atomic mass is 32.2. The van der Waals surface area contributed by atoms with Crippen LogP contribution in [-0.2, 0) is 22.7 Å². The van der Waals surface area contributed by atoms with Crippen molar-refractivity contribution in [2.45, 2.75) is 19.6 Å². The van der Waals surface area contributed by atoms with E-state index in [2.05, 4.69) is 35.2 Å². The van der Waals surface area contributed by atoms with E-state index in [-0.39, 0.29) is 30.0 Å². The van der Waals surface area contributed by atoms with E-state index < -0.39 is 27.6 Å². The number of hydrogen-bond acceptors (Lipinski definition) is 9. The van der Waals surface area contributed by atoms with Gasteiger partial charge in [0.05, 0.1) is 5.75 Å². The van der Waals surface area contributed by atoms with Gasteiger partial charge in [0.2, 0.25) is 16.0 Å². The molecule has 2 aromatic heterocycles. The van der Waals surface area contributed by atoms with Crippen LogP contribution in [-0.4, -0.2) is 78.1 Å². The van der Waals surface area contributed by atoms with Gasteiger partial charge < -0.3 is 20.4 Å². The Balaban J connectivity index is 1.54. The van der Waals surface area contributed by atoms with Crippen LogP contribution in [0.15, 0.2) is 48.8 Å². The van der Waals surface area contributed by atoms with Gasteiger partial charge in [-0.05, 0) is 38.2 Å². The summed E-state index contributed by atoms with van der Waals surface area (Å²) in [5.41, 5.74) is 0.0696. The Morgan fingerprint density at radius 3 is 2.50 bits per heavy atom. The molecule has 1 aromatic carbocycles. The third-order valence-electron chi connectivity index (χ3n) is 6.22. The number of piperazine rings is 1. The summed E-state index contributed by atoms with van der Waals surface area (Å²) in [6.07, 6.45) is -2.73. The minimum Gasteiger partial charge on any atom is -0.365 e. The third-order valence-corrected chi connectivity index (χ3v) is 7.48. The number of pyridine rings is 1. The zero-order valence-corrected chi connectivity index (χ0v) is 22.7. The van der Waals surface area contributed by atoms with Crippen LogP contribution >= 0.6 is 0 Å². The van der Waals surface area contributed by atoms with Crippen molar-refractivity contribution >= 4 is 39.2 Å². The van der Waals surface area contributed by atoms with Gasteiger partial charge in [0.15, 0.2) is 0 Å². The summed E-state index contributed by atoms with van der Waals surface area (Å²) in [4.78, 5) is 28.7. The second-order valence-electron chi connectivity index (χ2n) is 9.13. The minimum atomic E-state index is -4.75. The molecule has 4 rings (SSSR count). The molecule has 15 heteroatoms. The van der Waals surface area contributed by atoms with Crippen molar-refractivity contribution < 1.29 is 26.4 Å². The molecule has 0 saturated carbocycles. The molecule has 3 N–H and O–H groups in total. The molecular weight excluding hydrogens is 549 g/mol. The Kier molecular flexibility index (Phi) is 8.73. The van der Waals surface area contributed by atoms with E-state index in [1.807, 2.05) is 7.05 Å². The monoisotopic (exact) mass is 578 g/mol. The molecule has 0 aliphatic carbocycles. The average Bonchev–Trinajstić information content (AvgIpc) is 2.92. The second-order valence-corrected chi connectivity index (χ2v) is 11.1. The first-order valence-corrected chi connectivity index (χ1v) is 14.1. The standard InChI is InChI=1S/C25H29F3N8O3S/c1-3-40(38,39)34-21-18(7-5-9-29-21)15-30-22-20(25(26,27)28)16-31-24(33-22)32-19-8-4-6-17(14-19)23(37)36-12-10-35(2)11-13-36/h4-9,14,16H,3,10-13,15H2,1-2H3,(H,29,34)(H2,30,31,32,33). The fraction of sp³-hybridized carbons (Fsp3) is 0.360. The van der Waals surface area contributed by atoms with Crippen LogP contribution < -0.4 is 15.4 Å². The number of anilines is 4. The van der Waals surface area contributed by atoms with Crippen LogP contribution in [0.4, 0.5) is 36.4 Å². The van der Waals surface area contributed by atoms with Crippen molar-refractivity contribution in [2.75, 3.05) is 54.3 Å². The highest BCUT2D eigenvalue weighted by molar-refractivity contribution is 7.92. The molecular formula is C25H29F3N8O3S. The maximum Gasteiger partial charge on any atom is 0.421 e. The number of halogens is 3. The first-order valence-electron chi connectivity index (χ1n) is 12.4. The lowest BCUT2D eigenvalue weighted by Crippen LogP contribution is -2.47. The van der Waals surface area contributed by atoms with Gasteiger partial charge in [0.25, 0.3) is 5.91 Å². The number of nitrogens with one attached hydrogen (secondary N) is 3. The summed E-state index contributed by atoms with van der Waals surface area (Å²) in [5, 5.41) is 5.50. The predicted octanol–water partition coefficient (Wildman–Crippen LogP) is 3.40. The number of hydrogen-bond donors (Lipinski definition) is 3. The van der Waals surface area contributed by atoms with Crippen LogP contribution in [0, 0.1) is 0 Å². The van der Waals surface area contributed by atoms with E-state index >= 15 is 0 Å². The second kappa shape index (κ2) is 12.0. The first kappa shape index (κ1) is 29.0. The topological polar surface area (TPSA) is 132 Å². The number of nitrogens with zero attached hydrogens (tertiary/aromatic N) is 5. The van der Waals surface area contributed by atoms with Crippen molar-refractivity contribution in [3.05, 3.63) is 65.5 Å². The fourth-order valence-electron chi connectivity index (χ4n) is 3.91. The van der Waals surface area contributed by atoms with Gasteiger partial charge in [0, 0.05) is 61.9 Å². The minimum absolute atomic E-state index is 0.000328. The van der Waals surface area contributed by atoms with Crippen molar-refractivity contribution in [3.63, 3.8) is 0 Å². The van der Waals surface area contributed by atoms with Crippen molar-refractivity contribution in [2.24, 2.45) is 0 Å². The Bertz CT molecular complexity index is 1460. The van der Waals surface area contributed by atoms with Crippen LogP contribution in [0.1, 0.15) is 28.4 Å². The number of carbonyl (C=O) groups excluding carboxylic acids is 1. The lowest BCUT2D eigenvalue weighted by Gasteiger charge is -2.32. The number of rotatable bonds is 9. The molecule has 1 aliphatic rings. The summed E-state index contributed by atoms with van der Waals surface area (Å²) in [6, 6.07) is 9.65. The van der Waals surface area contributed by atoms with Gasteiger partial charge in [-0.3, -0.25) is 9.52 Å². The number of benzene rings is 1. The zero-order valence-electron chi connectivity index (χ0n) is 21.9.